The summed E-state index contributed by atoms with van der Waals surface area (Å²) >= 11 is 0. The van der Waals surface area contributed by atoms with E-state index in [0.29, 0.717) is 6.61 Å². The number of carbonyl (C=O) groups excluding carboxylic acids is 1. The average molecular weight is 156 g/mol. The standard InChI is InChI=1S/C8H12O3/c9-5-7-6-10-8(11-7)3-1-2-4-8/h5,7H,1-4,6H2. The third-order valence-corrected chi connectivity index (χ3v) is 2.39. The van der Waals surface area contributed by atoms with Crippen LogP contribution in [0.4, 0.5) is 0 Å². The van der Waals surface area contributed by atoms with Crippen LogP contribution >= 0.6 is 0 Å². The number of hydrogen-bond donors (Lipinski definition) is 0. The molecule has 62 valence electrons. The lowest BCUT2D eigenvalue weighted by Gasteiger charge is -2.20. The van der Waals surface area contributed by atoms with Crippen LogP contribution in [0.2, 0.25) is 0 Å². The quantitative estimate of drug-likeness (QED) is 0.528. The van der Waals surface area contributed by atoms with Gasteiger partial charge in [0.25, 0.3) is 0 Å². The first-order chi connectivity index (χ1) is 5.35. The highest BCUT2D eigenvalue weighted by atomic mass is 16.7. The zero-order valence-electron chi connectivity index (χ0n) is 6.41. The van der Waals surface area contributed by atoms with E-state index in [9.17, 15) is 4.79 Å². The molecule has 0 amide bonds. The van der Waals surface area contributed by atoms with E-state index in [1.54, 1.807) is 0 Å². The highest BCUT2D eigenvalue weighted by molar-refractivity contribution is 5.56. The van der Waals surface area contributed by atoms with Crippen LogP contribution in [0.1, 0.15) is 25.7 Å². The molecule has 0 aromatic heterocycles. The van der Waals surface area contributed by atoms with Crippen LogP contribution in [0, 0.1) is 0 Å². The van der Waals surface area contributed by atoms with E-state index in [0.717, 1.165) is 32.0 Å². The summed E-state index contributed by atoms with van der Waals surface area (Å²) in [6, 6.07) is 0. The molecular formula is C8H12O3. The summed E-state index contributed by atoms with van der Waals surface area (Å²) in [6.07, 6.45) is 4.74. The Kier molecular flexibility index (Phi) is 1.69. The lowest BCUT2D eigenvalue weighted by molar-refractivity contribution is -0.163. The molecule has 0 bridgehead atoms. The molecule has 0 aromatic rings. The number of rotatable bonds is 1. The van der Waals surface area contributed by atoms with Gasteiger partial charge in [0.2, 0.25) is 0 Å². The van der Waals surface area contributed by atoms with Gasteiger partial charge >= 0.3 is 0 Å². The van der Waals surface area contributed by atoms with Gasteiger partial charge in [0.1, 0.15) is 6.10 Å². The highest BCUT2D eigenvalue weighted by Gasteiger charge is 2.43. The van der Waals surface area contributed by atoms with Crippen molar-refractivity contribution >= 4 is 6.29 Å². The van der Waals surface area contributed by atoms with E-state index in [4.69, 9.17) is 9.47 Å². The average Bonchev–Trinajstić information content (AvgIpc) is 2.62. The van der Waals surface area contributed by atoms with E-state index in [1.165, 1.54) is 0 Å². The number of ether oxygens (including phenoxy) is 2. The topological polar surface area (TPSA) is 35.5 Å². The Hall–Kier alpha value is -0.410. The van der Waals surface area contributed by atoms with Crippen molar-refractivity contribution in [1.82, 2.24) is 0 Å². The van der Waals surface area contributed by atoms with Crippen LogP contribution in [0.3, 0.4) is 0 Å². The molecule has 3 heteroatoms. The first-order valence-corrected chi connectivity index (χ1v) is 4.12. The molecule has 1 atom stereocenters. The zero-order valence-corrected chi connectivity index (χ0v) is 6.41. The normalized spacial score (nSPS) is 34.7. The van der Waals surface area contributed by atoms with Gasteiger partial charge in [-0.1, -0.05) is 0 Å². The summed E-state index contributed by atoms with van der Waals surface area (Å²) in [5.41, 5.74) is 0. The molecule has 3 nitrogen and oxygen atoms in total. The third kappa shape index (κ3) is 1.19. The molecule has 1 unspecified atom stereocenters. The Morgan fingerprint density at radius 2 is 2.09 bits per heavy atom. The molecule has 1 spiro atoms. The van der Waals surface area contributed by atoms with Crippen molar-refractivity contribution in [3.63, 3.8) is 0 Å². The molecule has 11 heavy (non-hydrogen) atoms. The third-order valence-electron chi connectivity index (χ3n) is 2.39. The van der Waals surface area contributed by atoms with Crippen LogP contribution < -0.4 is 0 Å². The zero-order chi connectivity index (χ0) is 7.73. The van der Waals surface area contributed by atoms with Crippen LogP contribution in [0.5, 0.6) is 0 Å². The fraction of sp³-hybridized carbons (Fsp3) is 0.875. The second-order valence-corrected chi connectivity index (χ2v) is 3.22. The minimum Gasteiger partial charge on any atom is -0.347 e. The largest absolute Gasteiger partial charge is 0.347 e. The summed E-state index contributed by atoms with van der Waals surface area (Å²) in [5.74, 6) is -0.369. The molecular weight excluding hydrogens is 144 g/mol. The van der Waals surface area contributed by atoms with Gasteiger partial charge in [-0.3, -0.25) is 0 Å². The molecule has 2 rings (SSSR count). The second kappa shape index (κ2) is 2.57. The molecule has 0 N–H and O–H groups in total. The molecule has 1 aliphatic heterocycles. The Bertz CT molecular complexity index is 161. The van der Waals surface area contributed by atoms with Gasteiger partial charge in [-0.05, 0) is 12.8 Å². The summed E-state index contributed by atoms with van der Waals surface area (Å²) in [7, 11) is 0. The smallest absolute Gasteiger partial charge is 0.169 e. The van der Waals surface area contributed by atoms with E-state index < -0.39 is 0 Å². The minimum atomic E-state index is -0.369. The number of aldehydes is 1. The first kappa shape index (κ1) is 7.25. The first-order valence-electron chi connectivity index (χ1n) is 4.12. The monoisotopic (exact) mass is 156 g/mol. The fourth-order valence-corrected chi connectivity index (χ4v) is 1.82. The van der Waals surface area contributed by atoms with Crippen molar-refractivity contribution in [2.75, 3.05) is 6.61 Å². The van der Waals surface area contributed by atoms with Crippen LogP contribution in [0.15, 0.2) is 0 Å². The molecule has 2 aliphatic rings. The predicted molar refractivity (Wildman–Crippen MR) is 38.1 cm³/mol. The van der Waals surface area contributed by atoms with Gasteiger partial charge in [-0.15, -0.1) is 0 Å². The minimum absolute atomic E-state index is 0.312. The Morgan fingerprint density at radius 1 is 1.36 bits per heavy atom. The van der Waals surface area contributed by atoms with E-state index in [1.807, 2.05) is 0 Å². The fourth-order valence-electron chi connectivity index (χ4n) is 1.82. The molecule has 1 aliphatic carbocycles. The van der Waals surface area contributed by atoms with Gasteiger partial charge in [-0.25, -0.2) is 0 Å². The van der Waals surface area contributed by atoms with Crippen molar-refractivity contribution in [2.45, 2.75) is 37.6 Å². The van der Waals surface area contributed by atoms with Crippen molar-refractivity contribution in [2.24, 2.45) is 0 Å². The molecule has 1 saturated carbocycles. The van der Waals surface area contributed by atoms with Crippen LogP contribution in [0.25, 0.3) is 0 Å². The van der Waals surface area contributed by atoms with E-state index in [-0.39, 0.29) is 11.9 Å². The van der Waals surface area contributed by atoms with E-state index >= 15 is 0 Å². The van der Waals surface area contributed by atoms with Crippen molar-refractivity contribution in [1.29, 1.82) is 0 Å². The van der Waals surface area contributed by atoms with Crippen LogP contribution in [-0.2, 0) is 14.3 Å². The van der Waals surface area contributed by atoms with Gasteiger partial charge in [0.15, 0.2) is 12.1 Å². The lowest BCUT2D eigenvalue weighted by atomic mass is 10.2. The summed E-state index contributed by atoms with van der Waals surface area (Å²) in [5, 5.41) is 0. The Labute approximate surface area is 65.7 Å². The van der Waals surface area contributed by atoms with Gasteiger partial charge in [0.05, 0.1) is 6.61 Å². The summed E-state index contributed by atoms with van der Waals surface area (Å²) in [4.78, 5) is 10.3. The van der Waals surface area contributed by atoms with Crippen molar-refractivity contribution < 1.29 is 14.3 Å². The summed E-state index contributed by atoms with van der Waals surface area (Å²) < 4.78 is 10.9. The second-order valence-electron chi connectivity index (χ2n) is 3.22. The molecule has 1 saturated heterocycles. The molecule has 0 radical (unpaired) electrons. The number of carbonyl (C=O) groups is 1. The van der Waals surface area contributed by atoms with E-state index in [2.05, 4.69) is 0 Å². The van der Waals surface area contributed by atoms with Crippen LogP contribution in [-0.4, -0.2) is 24.8 Å². The predicted octanol–water partition coefficient (Wildman–Crippen LogP) is 0.871. The maximum atomic E-state index is 10.3. The van der Waals surface area contributed by atoms with Gasteiger partial charge < -0.3 is 14.3 Å². The number of hydrogen-bond acceptors (Lipinski definition) is 3. The molecule has 1 heterocycles. The Morgan fingerprint density at radius 3 is 2.64 bits per heavy atom. The maximum Gasteiger partial charge on any atom is 0.169 e. The van der Waals surface area contributed by atoms with Gasteiger partial charge in [-0.2, -0.15) is 0 Å². The SMILES string of the molecule is O=CC1COC2(CCCC2)O1. The summed E-state index contributed by atoms with van der Waals surface area (Å²) in [6.45, 7) is 0.448. The van der Waals surface area contributed by atoms with Crippen molar-refractivity contribution in [3.8, 4) is 0 Å². The van der Waals surface area contributed by atoms with Crippen molar-refractivity contribution in [3.05, 3.63) is 0 Å². The molecule has 0 aromatic carbocycles. The molecule has 2 fully saturated rings. The lowest BCUT2D eigenvalue weighted by Crippen LogP contribution is -2.26. The maximum absolute atomic E-state index is 10.3. The van der Waals surface area contributed by atoms with Gasteiger partial charge in [0, 0.05) is 12.8 Å². The highest BCUT2D eigenvalue weighted by Crippen LogP contribution is 2.38. The Balaban J connectivity index is 2.01.